The van der Waals surface area contributed by atoms with Gasteiger partial charge in [-0.25, -0.2) is 4.79 Å². The molecule has 1 N–H and O–H groups in total. The van der Waals surface area contributed by atoms with E-state index in [9.17, 15) is 14.4 Å². The van der Waals surface area contributed by atoms with Crippen molar-refractivity contribution < 1.29 is 14.4 Å². The molecule has 0 radical (unpaired) electrons. The lowest BCUT2D eigenvalue weighted by molar-refractivity contribution is -0.131. The van der Waals surface area contributed by atoms with E-state index in [1.54, 1.807) is 6.07 Å². The number of hydrogen-bond donors (Lipinski definition) is 1. The Balaban J connectivity index is 1.45. The molecule has 1 aliphatic heterocycles. The Bertz CT molecular complexity index is 1190. The van der Waals surface area contributed by atoms with Crippen molar-refractivity contribution >= 4 is 17.7 Å². The minimum atomic E-state index is -1.24. The lowest BCUT2D eigenvalue weighted by Crippen LogP contribution is -2.46. The van der Waals surface area contributed by atoms with Crippen LogP contribution in [0, 0.1) is 0 Å². The molecule has 0 unspecified atom stereocenters. The predicted octanol–water partition coefficient (Wildman–Crippen LogP) is 4.05. The van der Waals surface area contributed by atoms with Crippen LogP contribution in [-0.2, 0) is 29.6 Å². The van der Waals surface area contributed by atoms with Crippen molar-refractivity contribution in [2.45, 2.75) is 31.2 Å². The SMILES string of the molecule is O=C(CN1C(=O)N[C@@](Cc2ccccc2)(c2ccccc2)C1=O)c1ccc2c(c1)CCC2. The number of imide groups is 1. The first-order valence-electron chi connectivity index (χ1n) is 11.0. The molecule has 1 saturated heterocycles. The molecule has 1 heterocycles. The fourth-order valence-corrected chi connectivity index (χ4v) is 4.79. The topological polar surface area (TPSA) is 66.5 Å². The Labute approximate surface area is 187 Å². The lowest BCUT2D eigenvalue weighted by Gasteiger charge is -2.27. The molecule has 5 heteroatoms. The molecule has 160 valence electrons. The number of rotatable bonds is 6. The van der Waals surface area contributed by atoms with Crippen LogP contribution in [-0.4, -0.2) is 29.2 Å². The van der Waals surface area contributed by atoms with E-state index in [0.717, 1.165) is 29.7 Å². The number of benzene rings is 3. The lowest BCUT2D eigenvalue weighted by atomic mass is 9.83. The first-order valence-corrected chi connectivity index (χ1v) is 11.0. The number of aryl methyl sites for hydroxylation is 2. The van der Waals surface area contributed by atoms with Gasteiger partial charge in [-0.15, -0.1) is 0 Å². The maximum absolute atomic E-state index is 13.7. The van der Waals surface area contributed by atoms with Crippen LogP contribution in [0.5, 0.6) is 0 Å². The molecule has 1 aliphatic carbocycles. The summed E-state index contributed by atoms with van der Waals surface area (Å²) < 4.78 is 0. The Morgan fingerprint density at radius 2 is 1.56 bits per heavy atom. The second-order valence-electron chi connectivity index (χ2n) is 8.52. The number of urea groups is 1. The van der Waals surface area contributed by atoms with Gasteiger partial charge in [-0.2, -0.15) is 0 Å². The highest BCUT2D eigenvalue weighted by Gasteiger charge is 2.52. The number of nitrogens with one attached hydrogen (secondary N) is 1. The van der Waals surface area contributed by atoms with Crippen LogP contribution in [0.4, 0.5) is 4.79 Å². The van der Waals surface area contributed by atoms with E-state index in [1.165, 1.54) is 11.1 Å². The fraction of sp³-hybridized carbons (Fsp3) is 0.222. The van der Waals surface area contributed by atoms with Crippen molar-refractivity contribution in [1.82, 2.24) is 10.2 Å². The molecular weight excluding hydrogens is 400 g/mol. The average Bonchev–Trinajstić information content (AvgIpc) is 3.38. The Morgan fingerprint density at radius 3 is 2.31 bits per heavy atom. The van der Waals surface area contributed by atoms with Crippen molar-refractivity contribution in [3.8, 4) is 0 Å². The fourth-order valence-electron chi connectivity index (χ4n) is 4.79. The van der Waals surface area contributed by atoms with Crippen LogP contribution in [0.25, 0.3) is 0 Å². The van der Waals surface area contributed by atoms with Crippen molar-refractivity contribution in [2.24, 2.45) is 0 Å². The van der Waals surface area contributed by atoms with Crippen LogP contribution >= 0.6 is 0 Å². The summed E-state index contributed by atoms with van der Waals surface area (Å²) in [7, 11) is 0. The molecule has 3 amide bonds. The molecule has 0 spiro atoms. The van der Waals surface area contributed by atoms with Gasteiger partial charge in [0.25, 0.3) is 5.91 Å². The van der Waals surface area contributed by atoms with Crippen LogP contribution in [0.2, 0.25) is 0 Å². The summed E-state index contributed by atoms with van der Waals surface area (Å²) in [5.41, 5.74) is 3.41. The molecule has 0 saturated carbocycles. The van der Waals surface area contributed by atoms with Crippen LogP contribution in [0.15, 0.2) is 78.9 Å². The number of hydrogen-bond acceptors (Lipinski definition) is 3. The molecule has 0 aromatic heterocycles. The molecule has 5 nitrogen and oxygen atoms in total. The van der Waals surface area contributed by atoms with E-state index >= 15 is 0 Å². The summed E-state index contributed by atoms with van der Waals surface area (Å²) >= 11 is 0. The zero-order valence-electron chi connectivity index (χ0n) is 17.7. The third kappa shape index (κ3) is 3.50. The molecule has 1 fully saturated rings. The average molecular weight is 425 g/mol. The van der Waals surface area contributed by atoms with Crippen LogP contribution in [0.3, 0.4) is 0 Å². The molecule has 2 aliphatic rings. The van der Waals surface area contributed by atoms with Crippen LogP contribution in [0.1, 0.15) is 39.0 Å². The van der Waals surface area contributed by atoms with Crippen molar-refractivity contribution in [1.29, 1.82) is 0 Å². The van der Waals surface area contributed by atoms with E-state index < -0.39 is 17.5 Å². The normalized spacial score (nSPS) is 19.7. The van der Waals surface area contributed by atoms with Gasteiger partial charge in [0, 0.05) is 12.0 Å². The number of Topliss-reactive ketones (excluding diaryl/α,β-unsaturated/α-hetero) is 1. The third-order valence-electron chi connectivity index (χ3n) is 6.48. The maximum Gasteiger partial charge on any atom is 0.325 e. The molecule has 3 aromatic rings. The van der Waals surface area contributed by atoms with E-state index in [2.05, 4.69) is 5.32 Å². The third-order valence-corrected chi connectivity index (χ3v) is 6.48. The highest BCUT2D eigenvalue weighted by Crippen LogP contribution is 2.33. The number of carbonyl (C=O) groups excluding carboxylic acids is 3. The van der Waals surface area contributed by atoms with Crippen molar-refractivity contribution in [2.75, 3.05) is 6.54 Å². The standard InChI is InChI=1S/C27H24N2O3/c30-24(22-15-14-20-10-7-11-21(20)16-22)18-29-25(31)27(28-26(29)32,23-12-5-2-6-13-23)17-19-8-3-1-4-9-19/h1-6,8-9,12-16H,7,10-11,17-18H2,(H,28,32)/t27-/m0/s1. The Morgan fingerprint density at radius 1 is 0.875 bits per heavy atom. The summed E-state index contributed by atoms with van der Waals surface area (Å²) in [6.07, 6.45) is 3.41. The maximum atomic E-state index is 13.7. The molecule has 1 atom stereocenters. The number of fused-ring (bicyclic) bond motifs is 1. The van der Waals surface area contributed by atoms with Gasteiger partial charge < -0.3 is 5.32 Å². The summed E-state index contributed by atoms with van der Waals surface area (Å²) in [5.74, 6) is -0.626. The van der Waals surface area contributed by atoms with Gasteiger partial charge in [0.05, 0.1) is 6.54 Å². The van der Waals surface area contributed by atoms with Gasteiger partial charge in [-0.1, -0.05) is 72.8 Å². The van der Waals surface area contributed by atoms with Gasteiger partial charge in [0.2, 0.25) is 0 Å². The number of carbonyl (C=O) groups is 3. The molecule has 0 bridgehead atoms. The van der Waals surface area contributed by atoms with Gasteiger partial charge >= 0.3 is 6.03 Å². The van der Waals surface area contributed by atoms with E-state index in [-0.39, 0.29) is 12.3 Å². The largest absolute Gasteiger partial charge is 0.325 e. The number of nitrogens with zero attached hydrogens (tertiary/aromatic N) is 1. The summed E-state index contributed by atoms with van der Waals surface area (Å²) in [5, 5.41) is 2.92. The second-order valence-corrected chi connectivity index (χ2v) is 8.52. The van der Waals surface area contributed by atoms with E-state index in [4.69, 9.17) is 0 Å². The van der Waals surface area contributed by atoms with E-state index in [0.29, 0.717) is 17.5 Å². The smallest absolute Gasteiger partial charge is 0.319 e. The molecule has 32 heavy (non-hydrogen) atoms. The first-order chi connectivity index (χ1) is 15.6. The van der Waals surface area contributed by atoms with Crippen molar-refractivity contribution in [3.05, 3.63) is 107 Å². The second kappa shape index (κ2) is 8.08. The molecule has 5 rings (SSSR count). The predicted molar refractivity (Wildman–Crippen MR) is 121 cm³/mol. The van der Waals surface area contributed by atoms with Gasteiger partial charge in [0.15, 0.2) is 11.3 Å². The van der Waals surface area contributed by atoms with E-state index in [1.807, 2.05) is 72.8 Å². The Hall–Kier alpha value is -3.73. The number of amides is 3. The molecule has 3 aromatic carbocycles. The first kappa shape index (κ1) is 20.2. The summed E-state index contributed by atoms with van der Waals surface area (Å²) in [6.45, 7) is -0.271. The Kier molecular flexibility index (Phi) is 5.10. The highest BCUT2D eigenvalue weighted by atomic mass is 16.2. The van der Waals surface area contributed by atoms with Crippen molar-refractivity contribution in [3.63, 3.8) is 0 Å². The zero-order chi connectivity index (χ0) is 22.1. The number of ketones is 1. The highest BCUT2D eigenvalue weighted by molar-refractivity contribution is 6.11. The zero-order valence-corrected chi connectivity index (χ0v) is 17.7. The summed E-state index contributed by atoms with van der Waals surface area (Å²) in [6, 6.07) is 24.0. The van der Waals surface area contributed by atoms with Gasteiger partial charge in [0.1, 0.15) is 0 Å². The monoisotopic (exact) mass is 424 g/mol. The van der Waals surface area contributed by atoms with Gasteiger partial charge in [-0.3, -0.25) is 14.5 Å². The van der Waals surface area contributed by atoms with Crippen LogP contribution < -0.4 is 5.32 Å². The minimum Gasteiger partial charge on any atom is -0.319 e. The molecular formula is C27H24N2O3. The summed E-state index contributed by atoms with van der Waals surface area (Å²) in [4.78, 5) is 40.7. The van der Waals surface area contributed by atoms with Gasteiger partial charge in [-0.05, 0) is 47.6 Å². The quantitative estimate of drug-likeness (QED) is 0.480. The minimum absolute atomic E-state index is 0.230.